The van der Waals surface area contributed by atoms with Crippen molar-refractivity contribution in [3.8, 4) is 0 Å². The number of carboxylic acids is 1. The molecule has 1 fully saturated rings. The van der Waals surface area contributed by atoms with Crippen molar-refractivity contribution in [2.75, 3.05) is 0 Å². The van der Waals surface area contributed by atoms with Gasteiger partial charge in [0.2, 0.25) is 0 Å². The van der Waals surface area contributed by atoms with Crippen LogP contribution in [0, 0.1) is 5.82 Å². The Morgan fingerprint density at radius 1 is 1.41 bits per heavy atom. The van der Waals surface area contributed by atoms with E-state index in [0.717, 1.165) is 18.9 Å². The Morgan fingerprint density at radius 3 is 2.71 bits per heavy atom. The number of rotatable bonds is 4. The number of carbonyl (C=O) groups is 1. The van der Waals surface area contributed by atoms with Crippen molar-refractivity contribution in [3.63, 3.8) is 0 Å². The predicted molar refractivity (Wildman–Crippen MR) is 60.4 cm³/mol. The van der Waals surface area contributed by atoms with Crippen molar-refractivity contribution in [3.05, 3.63) is 35.1 Å². The normalized spacial score (nSPS) is 16.3. The van der Waals surface area contributed by atoms with Gasteiger partial charge in [-0.15, -0.1) is 0 Å². The molecule has 0 spiro atoms. The molecule has 3 nitrogen and oxygen atoms in total. The lowest BCUT2D eigenvalue weighted by Gasteiger charge is -2.11. The Balaban J connectivity index is 1.98. The molecule has 2 rings (SSSR count). The summed E-state index contributed by atoms with van der Waals surface area (Å²) in [6.45, 7) is 0.219. The lowest BCUT2D eigenvalue weighted by atomic mass is 10.1. The van der Waals surface area contributed by atoms with E-state index in [1.807, 2.05) is 0 Å². The number of carboxylic acid groups (broad SMARTS) is 1. The predicted octanol–water partition coefficient (Wildman–Crippen LogP) is 2.98. The van der Waals surface area contributed by atoms with Crippen molar-refractivity contribution in [2.45, 2.75) is 38.4 Å². The standard InChI is InChI=1S/C13H15FO3/c14-12-7-9(13(15)16)5-6-10(12)8-17-11-3-1-2-4-11/h5-7,11H,1-4,8H2,(H,15,16). The summed E-state index contributed by atoms with van der Waals surface area (Å²) in [5.74, 6) is -1.63. The van der Waals surface area contributed by atoms with E-state index in [9.17, 15) is 9.18 Å². The van der Waals surface area contributed by atoms with E-state index < -0.39 is 11.8 Å². The highest BCUT2D eigenvalue weighted by atomic mass is 19.1. The molecule has 1 saturated carbocycles. The van der Waals surface area contributed by atoms with Crippen LogP contribution in [0.2, 0.25) is 0 Å². The molecule has 1 aliphatic carbocycles. The minimum absolute atomic E-state index is 0.0351. The third-order valence-corrected chi connectivity index (χ3v) is 3.08. The van der Waals surface area contributed by atoms with Crippen LogP contribution in [0.5, 0.6) is 0 Å². The van der Waals surface area contributed by atoms with Crippen LogP contribution in [0.15, 0.2) is 18.2 Å². The average molecular weight is 238 g/mol. The second-order valence-electron chi connectivity index (χ2n) is 4.33. The average Bonchev–Trinajstić information content (AvgIpc) is 2.80. The number of halogens is 1. The molecule has 0 saturated heterocycles. The van der Waals surface area contributed by atoms with Crippen LogP contribution in [-0.2, 0) is 11.3 Å². The molecule has 0 bridgehead atoms. The number of hydrogen-bond donors (Lipinski definition) is 1. The molecule has 1 aromatic carbocycles. The fourth-order valence-corrected chi connectivity index (χ4v) is 2.06. The first-order chi connectivity index (χ1) is 8.16. The van der Waals surface area contributed by atoms with Gasteiger partial charge in [0.1, 0.15) is 5.82 Å². The maximum Gasteiger partial charge on any atom is 0.335 e. The van der Waals surface area contributed by atoms with Gasteiger partial charge in [-0.05, 0) is 25.0 Å². The number of hydrogen-bond acceptors (Lipinski definition) is 2. The van der Waals surface area contributed by atoms with Gasteiger partial charge in [0.15, 0.2) is 0 Å². The number of benzene rings is 1. The first-order valence-corrected chi connectivity index (χ1v) is 5.80. The molecular weight excluding hydrogens is 223 g/mol. The summed E-state index contributed by atoms with van der Waals surface area (Å²) in [5.41, 5.74) is 0.383. The first kappa shape index (κ1) is 12.0. The van der Waals surface area contributed by atoms with Crippen molar-refractivity contribution in [1.29, 1.82) is 0 Å². The fraction of sp³-hybridized carbons (Fsp3) is 0.462. The zero-order valence-electron chi connectivity index (χ0n) is 9.49. The van der Waals surface area contributed by atoms with E-state index in [4.69, 9.17) is 9.84 Å². The van der Waals surface area contributed by atoms with Crippen molar-refractivity contribution in [1.82, 2.24) is 0 Å². The van der Waals surface area contributed by atoms with Crippen LogP contribution in [0.3, 0.4) is 0 Å². The van der Waals surface area contributed by atoms with E-state index in [0.29, 0.717) is 5.56 Å². The molecular formula is C13H15FO3. The van der Waals surface area contributed by atoms with Gasteiger partial charge in [0, 0.05) is 5.56 Å². The molecule has 0 radical (unpaired) electrons. The van der Waals surface area contributed by atoms with Gasteiger partial charge >= 0.3 is 5.97 Å². The molecule has 1 N–H and O–H groups in total. The Kier molecular flexibility index (Phi) is 3.74. The SMILES string of the molecule is O=C(O)c1ccc(COC2CCCC2)c(F)c1. The van der Waals surface area contributed by atoms with Gasteiger partial charge in [-0.1, -0.05) is 18.9 Å². The minimum atomic E-state index is -1.12. The second kappa shape index (κ2) is 5.27. The fourth-order valence-electron chi connectivity index (χ4n) is 2.06. The molecule has 4 heteroatoms. The summed E-state index contributed by atoms with van der Waals surface area (Å²) in [4.78, 5) is 10.6. The Bertz CT molecular complexity index is 411. The van der Waals surface area contributed by atoms with Gasteiger partial charge in [0.25, 0.3) is 0 Å². The summed E-state index contributed by atoms with van der Waals surface area (Å²) >= 11 is 0. The van der Waals surface area contributed by atoms with Gasteiger partial charge in [-0.25, -0.2) is 9.18 Å². The number of ether oxygens (including phenoxy) is 1. The maximum atomic E-state index is 13.5. The summed E-state index contributed by atoms with van der Waals surface area (Å²) < 4.78 is 19.1. The van der Waals surface area contributed by atoms with Gasteiger partial charge < -0.3 is 9.84 Å². The van der Waals surface area contributed by atoms with Gasteiger partial charge in [-0.2, -0.15) is 0 Å². The van der Waals surface area contributed by atoms with E-state index in [2.05, 4.69) is 0 Å². The quantitative estimate of drug-likeness (QED) is 0.877. The van der Waals surface area contributed by atoms with Crippen LogP contribution >= 0.6 is 0 Å². The highest BCUT2D eigenvalue weighted by molar-refractivity contribution is 5.87. The van der Waals surface area contributed by atoms with E-state index in [1.54, 1.807) is 0 Å². The van der Waals surface area contributed by atoms with Crippen molar-refractivity contribution < 1.29 is 19.0 Å². The molecule has 0 amide bonds. The van der Waals surface area contributed by atoms with E-state index >= 15 is 0 Å². The zero-order chi connectivity index (χ0) is 12.3. The maximum absolute atomic E-state index is 13.5. The summed E-state index contributed by atoms with van der Waals surface area (Å²) in [5, 5.41) is 8.70. The lowest BCUT2D eigenvalue weighted by Crippen LogP contribution is -2.08. The summed E-state index contributed by atoms with van der Waals surface area (Å²) in [6.07, 6.45) is 4.65. The topological polar surface area (TPSA) is 46.5 Å². The third-order valence-electron chi connectivity index (χ3n) is 3.08. The van der Waals surface area contributed by atoms with Gasteiger partial charge in [0.05, 0.1) is 18.3 Å². The summed E-state index contributed by atoms with van der Waals surface area (Å²) in [7, 11) is 0. The molecule has 0 heterocycles. The highest BCUT2D eigenvalue weighted by Crippen LogP contribution is 2.22. The van der Waals surface area contributed by atoms with Crippen LogP contribution < -0.4 is 0 Å². The Hall–Kier alpha value is -1.42. The molecule has 0 atom stereocenters. The molecule has 0 unspecified atom stereocenters. The highest BCUT2D eigenvalue weighted by Gasteiger charge is 2.16. The van der Waals surface area contributed by atoms with E-state index in [1.165, 1.54) is 25.0 Å². The van der Waals surface area contributed by atoms with Crippen molar-refractivity contribution >= 4 is 5.97 Å². The molecule has 1 aliphatic rings. The van der Waals surface area contributed by atoms with E-state index in [-0.39, 0.29) is 18.3 Å². The lowest BCUT2D eigenvalue weighted by molar-refractivity contribution is 0.0440. The van der Waals surface area contributed by atoms with Crippen LogP contribution in [-0.4, -0.2) is 17.2 Å². The smallest absolute Gasteiger partial charge is 0.335 e. The van der Waals surface area contributed by atoms with Crippen LogP contribution in [0.4, 0.5) is 4.39 Å². The summed E-state index contributed by atoms with van der Waals surface area (Å²) in [6, 6.07) is 3.92. The monoisotopic (exact) mass is 238 g/mol. The van der Waals surface area contributed by atoms with Crippen LogP contribution in [0.1, 0.15) is 41.6 Å². The molecule has 17 heavy (non-hydrogen) atoms. The Labute approximate surface area is 99.2 Å². The zero-order valence-corrected chi connectivity index (χ0v) is 9.49. The van der Waals surface area contributed by atoms with Crippen molar-refractivity contribution in [2.24, 2.45) is 0 Å². The number of aromatic carboxylic acids is 1. The largest absolute Gasteiger partial charge is 0.478 e. The van der Waals surface area contributed by atoms with Gasteiger partial charge in [-0.3, -0.25) is 0 Å². The molecule has 92 valence electrons. The molecule has 1 aromatic rings. The first-order valence-electron chi connectivity index (χ1n) is 5.80. The molecule has 0 aliphatic heterocycles. The second-order valence-corrected chi connectivity index (χ2v) is 4.33. The third kappa shape index (κ3) is 3.03. The minimum Gasteiger partial charge on any atom is -0.478 e. The van der Waals surface area contributed by atoms with Crippen LogP contribution in [0.25, 0.3) is 0 Å². The molecule has 0 aromatic heterocycles. The Morgan fingerprint density at radius 2 is 2.12 bits per heavy atom.